The number of rotatable bonds is 49. The molecule has 0 saturated heterocycles. The fourth-order valence-electron chi connectivity index (χ4n) is 9.96. The number of nitrogens with zero attached hydrogens (tertiary/aromatic N) is 2. The van der Waals surface area contributed by atoms with Crippen molar-refractivity contribution in [3.8, 4) is 23.7 Å². The first kappa shape index (κ1) is 67.4. The van der Waals surface area contributed by atoms with E-state index in [0.717, 1.165) is 53.9 Å². The molecular formula is C69H114N2Ni. The minimum absolute atomic E-state index is 0. The third kappa shape index (κ3) is 44.8. The van der Waals surface area contributed by atoms with Crippen molar-refractivity contribution in [2.45, 2.75) is 329 Å². The summed E-state index contributed by atoms with van der Waals surface area (Å²) in [5.41, 5.74) is 5.02. The van der Waals surface area contributed by atoms with Crippen LogP contribution in [0.5, 0.6) is 0 Å². The Morgan fingerprint density at radius 1 is 0.347 bits per heavy atom. The van der Waals surface area contributed by atoms with E-state index in [1.54, 1.807) is 0 Å². The molecule has 0 unspecified atom stereocenters. The molecule has 2 aromatic carbocycles. The Kier molecular flexibility index (Phi) is 51.2. The zero-order valence-electron chi connectivity index (χ0n) is 47.8. The molecule has 2 nitrogen and oxygen atoms in total. The van der Waals surface area contributed by atoms with E-state index < -0.39 is 0 Å². The quantitative estimate of drug-likeness (QED) is 0.0273. The van der Waals surface area contributed by atoms with Gasteiger partial charge in [0, 0.05) is 46.7 Å². The molecule has 2 rings (SSSR count). The molecule has 0 spiro atoms. The molecule has 0 radical (unpaired) electrons. The van der Waals surface area contributed by atoms with Crippen LogP contribution < -0.4 is 0 Å². The molecule has 2 aromatic rings. The molecule has 0 aromatic heterocycles. The summed E-state index contributed by atoms with van der Waals surface area (Å²) in [5.74, 6) is 13.7. The smallest absolute Gasteiger partial charge is 0.0646 e. The summed E-state index contributed by atoms with van der Waals surface area (Å²) in [6.45, 7) is 6.87. The van der Waals surface area contributed by atoms with Crippen LogP contribution in [-0.4, -0.2) is 11.9 Å². The normalized spacial score (nSPS) is 11.4. The fourth-order valence-corrected chi connectivity index (χ4v) is 9.96. The third-order valence-electron chi connectivity index (χ3n) is 14.6. The Bertz CT molecular complexity index is 1650. The number of hydrogen-bond acceptors (Lipinski definition) is 2. The molecule has 0 atom stereocenters. The van der Waals surface area contributed by atoms with E-state index in [0.29, 0.717) is 0 Å². The van der Waals surface area contributed by atoms with Crippen molar-refractivity contribution in [3.05, 3.63) is 59.7 Å². The molecule has 72 heavy (non-hydrogen) atoms. The summed E-state index contributed by atoms with van der Waals surface area (Å²) in [7, 11) is 0. The van der Waals surface area contributed by atoms with Crippen LogP contribution in [0.15, 0.2) is 58.5 Å². The monoisotopic (exact) mass is 1030 g/mol. The number of unbranched alkanes of at least 4 members (excludes halogenated alkanes) is 44. The maximum atomic E-state index is 5.08. The van der Waals surface area contributed by atoms with Crippen molar-refractivity contribution in [3.63, 3.8) is 0 Å². The topological polar surface area (TPSA) is 24.7 Å². The summed E-state index contributed by atoms with van der Waals surface area (Å²) in [5, 5.41) is 0. The van der Waals surface area contributed by atoms with E-state index in [1.807, 2.05) is 6.21 Å². The molecule has 0 aliphatic rings. The molecule has 0 amide bonds. The van der Waals surface area contributed by atoms with Gasteiger partial charge in [-0.2, -0.15) is 0 Å². The maximum Gasteiger partial charge on any atom is 0.0646 e. The fraction of sp³-hybridized carbons (Fsp3) is 0.739. The zero-order valence-corrected chi connectivity index (χ0v) is 48.8. The van der Waals surface area contributed by atoms with Crippen LogP contribution in [0.1, 0.15) is 340 Å². The number of hydrogen-bond donors (Lipinski definition) is 0. The first-order valence-electron chi connectivity index (χ1n) is 31.5. The Morgan fingerprint density at radius 3 is 0.958 bits per heavy atom. The van der Waals surface area contributed by atoms with E-state index >= 15 is 0 Å². The summed E-state index contributed by atoms with van der Waals surface area (Å²) >= 11 is 0. The SMILES string of the molecule is CCCCCCCCCCCCCCCCCCCCCCCC#Cc1cccc(N=CC(CCCCC)=Nc2cccc(C#CCCCCCCCCCCCCCCCCCCCCCCC)c2)c1.[Ni]. The molecular weight excluding hydrogens is 915 g/mol. The van der Waals surface area contributed by atoms with Gasteiger partial charge in [0.2, 0.25) is 0 Å². The van der Waals surface area contributed by atoms with E-state index in [-0.39, 0.29) is 16.5 Å². The van der Waals surface area contributed by atoms with Crippen molar-refractivity contribution >= 4 is 23.3 Å². The molecule has 0 aliphatic carbocycles. The Balaban J connectivity index is 0.0000259. The van der Waals surface area contributed by atoms with E-state index in [2.05, 4.69) is 93.0 Å². The van der Waals surface area contributed by atoms with Crippen LogP contribution in [0.3, 0.4) is 0 Å². The molecule has 0 saturated carbocycles. The predicted octanol–water partition coefficient (Wildman–Crippen LogP) is 23.6. The van der Waals surface area contributed by atoms with E-state index in [9.17, 15) is 0 Å². The van der Waals surface area contributed by atoms with Gasteiger partial charge in [-0.15, -0.1) is 0 Å². The van der Waals surface area contributed by atoms with Crippen molar-refractivity contribution in [2.24, 2.45) is 9.98 Å². The molecule has 0 N–H and O–H groups in total. The van der Waals surface area contributed by atoms with Gasteiger partial charge in [0.05, 0.1) is 17.1 Å². The Hall–Kier alpha value is -2.61. The second kappa shape index (κ2) is 54.6. The second-order valence-corrected chi connectivity index (χ2v) is 21.7. The van der Waals surface area contributed by atoms with Crippen molar-refractivity contribution in [1.29, 1.82) is 0 Å². The maximum absolute atomic E-state index is 5.08. The van der Waals surface area contributed by atoms with Crippen LogP contribution in [-0.2, 0) is 16.5 Å². The van der Waals surface area contributed by atoms with Crippen LogP contribution in [0.25, 0.3) is 0 Å². The Labute approximate surface area is 459 Å². The summed E-state index contributed by atoms with van der Waals surface area (Å²) < 4.78 is 0. The summed E-state index contributed by atoms with van der Waals surface area (Å²) in [6.07, 6.45) is 67.9. The van der Waals surface area contributed by atoms with Crippen LogP contribution in [0, 0.1) is 23.7 Å². The van der Waals surface area contributed by atoms with Crippen LogP contribution >= 0.6 is 0 Å². The van der Waals surface area contributed by atoms with Gasteiger partial charge < -0.3 is 0 Å². The molecule has 0 bridgehead atoms. The van der Waals surface area contributed by atoms with Gasteiger partial charge in [0.15, 0.2) is 0 Å². The predicted molar refractivity (Wildman–Crippen MR) is 321 cm³/mol. The van der Waals surface area contributed by atoms with Gasteiger partial charge in [-0.25, -0.2) is 0 Å². The molecule has 0 fully saturated rings. The molecule has 3 heteroatoms. The minimum atomic E-state index is 0. The van der Waals surface area contributed by atoms with Gasteiger partial charge in [-0.05, 0) is 62.1 Å². The van der Waals surface area contributed by atoms with E-state index in [1.165, 1.54) is 283 Å². The minimum Gasteiger partial charge on any atom is -0.255 e. The van der Waals surface area contributed by atoms with Crippen LogP contribution in [0.4, 0.5) is 11.4 Å². The van der Waals surface area contributed by atoms with Gasteiger partial charge in [-0.1, -0.05) is 326 Å². The van der Waals surface area contributed by atoms with Gasteiger partial charge in [0.1, 0.15) is 0 Å². The first-order valence-corrected chi connectivity index (χ1v) is 31.5. The second-order valence-electron chi connectivity index (χ2n) is 21.7. The molecule has 0 aliphatic heterocycles. The van der Waals surface area contributed by atoms with Crippen molar-refractivity contribution < 1.29 is 16.5 Å². The number of aliphatic imine (C=N–C) groups is 2. The van der Waals surface area contributed by atoms with Crippen molar-refractivity contribution in [1.82, 2.24) is 0 Å². The third-order valence-corrected chi connectivity index (χ3v) is 14.6. The zero-order chi connectivity index (χ0) is 50.4. The average molecular weight is 1030 g/mol. The average Bonchev–Trinajstić information content (AvgIpc) is 3.38. The summed E-state index contributed by atoms with van der Waals surface area (Å²) in [6, 6.07) is 16.8. The van der Waals surface area contributed by atoms with Gasteiger partial charge in [0.25, 0.3) is 0 Å². The molecule has 410 valence electrons. The standard InChI is InChI=1S/C69H114N2.Ni/c1-4-7-10-12-14-16-18-20-22-24-26-28-30-32-34-36-38-40-42-44-46-48-51-55-65-57-53-60-67(62-65)70-64-69(59-50-9-6-3)71-68-61-54-58-66(63-68)56-52-49-47-45-43-41-39-37-35-33-31-29-27-25-23-21-19-17-15-13-11-8-5-2;/h53-54,57-58,60-64H,4-50,59H2,1-3H3;. The largest absolute Gasteiger partial charge is 0.255 e. The van der Waals surface area contributed by atoms with Crippen molar-refractivity contribution in [2.75, 3.05) is 0 Å². The number of benzene rings is 2. The van der Waals surface area contributed by atoms with E-state index in [4.69, 9.17) is 9.98 Å². The Morgan fingerprint density at radius 2 is 0.625 bits per heavy atom. The van der Waals surface area contributed by atoms with Gasteiger partial charge >= 0.3 is 0 Å². The van der Waals surface area contributed by atoms with Gasteiger partial charge in [-0.3, -0.25) is 9.98 Å². The summed E-state index contributed by atoms with van der Waals surface area (Å²) in [4.78, 5) is 9.97. The molecule has 0 heterocycles. The van der Waals surface area contributed by atoms with Crippen LogP contribution in [0.2, 0.25) is 0 Å². The first-order chi connectivity index (χ1) is 35.2.